The molecule has 0 aliphatic carbocycles. The molecule has 0 atom stereocenters. The van der Waals surface area contributed by atoms with Gasteiger partial charge in [-0.1, -0.05) is 36.4 Å². The summed E-state index contributed by atoms with van der Waals surface area (Å²) in [6, 6.07) is 17.1. The molecule has 1 aliphatic heterocycles. The van der Waals surface area contributed by atoms with Crippen molar-refractivity contribution < 1.29 is 9.59 Å². The zero-order valence-corrected chi connectivity index (χ0v) is 14.7. The van der Waals surface area contributed by atoms with Crippen molar-refractivity contribution in [3.8, 4) is 0 Å². The molecule has 1 aromatic heterocycles. The lowest BCUT2D eigenvalue weighted by Gasteiger charge is -2.13. The van der Waals surface area contributed by atoms with E-state index in [9.17, 15) is 9.59 Å². The van der Waals surface area contributed by atoms with Crippen molar-refractivity contribution in [2.24, 2.45) is 0 Å². The Morgan fingerprint density at radius 2 is 1.69 bits per heavy atom. The van der Waals surface area contributed by atoms with Crippen LogP contribution in [0.15, 0.2) is 60.2 Å². The van der Waals surface area contributed by atoms with Gasteiger partial charge in [-0.2, -0.15) is 0 Å². The van der Waals surface area contributed by atoms with Gasteiger partial charge in [0.05, 0.1) is 5.69 Å². The van der Waals surface area contributed by atoms with Gasteiger partial charge in [-0.15, -0.1) is 0 Å². The smallest absolute Gasteiger partial charge is 0.282 e. The van der Waals surface area contributed by atoms with Crippen molar-refractivity contribution in [1.29, 1.82) is 0 Å². The number of anilines is 1. The van der Waals surface area contributed by atoms with Crippen LogP contribution in [0.3, 0.4) is 0 Å². The van der Waals surface area contributed by atoms with E-state index in [1.54, 1.807) is 18.2 Å². The molecule has 2 heterocycles. The Bertz CT molecular complexity index is 1050. The van der Waals surface area contributed by atoms with Gasteiger partial charge in [0.15, 0.2) is 0 Å². The monoisotopic (exact) mass is 345 g/mol. The third-order valence-corrected chi connectivity index (χ3v) is 4.79. The lowest BCUT2D eigenvalue weighted by atomic mass is 10.1. The Morgan fingerprint density at radius 3 is 2.42 bits per heavy atom. The summed E-state index contributed by atoms with van der Waals surface area (Å²) in [6.45, 7) is 4.93. The number of hydrogen-bond donors (Lipinski definition) is 1. The number of nitrogens with one attached hydrogen (secondary N) is 1. The van der Waals surface area contributed by atoms with Gasteiger partial charge in [0.2, 0.25) is 0 Å². The van der Waals surface area contributed by atoms with Crippen molar-refractivity contribution in [3.05, 3.63) is 71.4 Å². The first-order chi connectivity index (χ1) is 12.6. The second-order valence-electron chi connectivity index (χ2n) is 6.24. The molecule has 5 nitrogen and oxygen atoms in total. The van der Waals surface area contributed by atoms with Crippen molar-refractivity contribution in [1.82, 2.24) is 9.99 Å². The van der Waals surface area contributed by atoms with Gasteiger partial charge in [0.1, 0.15) is 5.57 Å². The molecule has 0 unspecified atom stereocenters. The number of para-hydroxylation sites is 2. The van der Waals surface area contributed by atoms with E-state index in [1.165, 1.54) is 5.01 Å². The number of rotatable bonds is 3. The third kappa shape index (κ3) is 2.40. The quantitative estimate of drug-likeness (QED) is 0.584. The fraction of sp³-hybridized carbons (Fsp3) is 0.143. The minimum atomic E-state index is -0.383. The molecule has 0 saturated carbocycles. The third-order valence-electron chi connectivity index (χ3n) is 4.79. The zero-order valence-electron chi connectivity index (χ0n) is 14.7. The number of hydrogen-bond acceptors (Lipinski definition) is 2. The van der Waals surface area contributed by atoms with Gasteiger partial charge in [-0.3, -0.25) is 15.0 Å². The summed E-state index contributed by atoms with van der Waals surface area (Å²) in [5, 5.41) is 2.33. The van der Waals surface area contributed by atoms with E-state index >= 15 is 0 Å². The number of aromatic nitrogens is 1. The highest BCUT2D eigenvalue weighted by Crippen LogP contribution is 2.29. The fourth-order valence-corrected chi connectivity index (χ4v) is 3.51. The first-order valence-corrected chi connectivity index (χ1v) is 8.62. The number of fused-ring (bicyclic) bond motifs is 1. The van der Waals surface area contributed by atoms with E-state index in [0.717, 1.165) is 28.7 Å². The molecular formula is C21H19N3O2. The number of nitrogens with zero attached hydrogens (tertiary/aromatic N) is 2. The average Bonchev–Trinajstić information content (AvgIpc) is 3.10. The maximum atomic E-state index is 12.8. The summed E-state index contributed by atoms with van der Waals surface area (Å²) in [4.78, 5) is 25.3. The summed E-state index contributed by atoms with van der Waals surface area (Å²) in [5.41, 5.74) is 6.49. The fourth-order valence-electron chi connectivity index (χ4n) is 3.51. The van der Waals surface area contributed by atoms with E-state index in [1.807, 2.05) is 43.3 Å². The minimum absolute atomic E-state index is 0.149. The molecule has 0 spiro atoms. The van der Waals surface area contributed by atoms with E-state index in [0.29, 0.717) is 5.69 Å². The minimum Gasteiger partial charge on any atom is -0.345 e. The van der Waals surface area contributed by atoms with E-state index in [4.69, 9.17) is 0 Å². The zero-order chi connectivity index (χ0) is 18.3. The number of hydrazine groups is 1. The Kier molecular flexibility index (Phi) is 3.84. The number of aryl methyl sites for hydroxylation is 1. The lowest BCUT2D eigenvalue weighted by molar-refractivity contribution is -0.117. The second kappa shape index (κ2) is 6.19. The van der Waals surface area contributed by atoms with Crippen LogP contribution < -0.4 is 10.4 Å². The number of carbonyl (C=O) groups is 2. The van der Waals surface area contributed by atoms with Crippen LogP contribution in [0, 0.1) is 6.92 Å². The predicted octanol–water partition coefficient (Wildman–Crippen LogP) is 3.43. The summed E-state index contributed by atoms with van der Waals surface area (Å²) < 4.78 is 2.19. The number of amides is 2. The van der Waals surface area contributed by atoms with Gasteiger partial charge >= 0.3 is 0 Å². The van der Waals surface area contributed by atoms with Crippen LogP contribution in [0.25, 0.3) is 17.0 Å². The van der Waals surface area contributed by atoms with Crippen LogP contribution in [-0.2, 0) is 16.1 Å². The van der Waals surface area contributed by atoms with Gasteiger partial charge in [-0.05, 0) is 38.1 Å². The van der Waals surface area contributed by atoms with Crippen molar-refractivity contribution in [3.63, 3.8) is 0 Å². The predicted molar refractivity (Wildman–Crippen MR) is 102 cm³/mol. The molecule has 130 valence electrons. The summed E-state index contributed by atoms with van der Waals surface area (Å²) in [5.74, 6) is -0.722. The van der Waals surface area contributed by atoms with Crippen LogP contribution in [0.4, 0.5) is 5.69 Å². The normalized spacial score (nSPS) is 15.9. The molecule has 1 fully saturated rings. The molecule has 1 N–H and O–H groups in total. The SMILES string of the molecule is CCn1c(C)c(/C=C2/C(=O)NN(c3ccccc3)C2=O)c2ccccc21. The lowest BCUT2D eigenvalue weighted by Crippen LogP contribution is -2.35. The standard InChI is InChI=1S/C21H19N3O2/c1-3-23-14(2)17(16-11-7-8-12-19(16)23)13-18-20(25)22-24(21(18)26)15-9-5-4-6-10-15/h4-13H,3H2,1-2H3,(H,22,25)/b18-13-. The van der Waals surface area contributed by atoms with Crippen LogP contribution in [0.5, 0.6) is 0 Å². The maximum absolute atomic E-state index is 12.8. The second-order valence-corrected chi connectivity index (χ2v) is 6.24. The molecule has 0 radical (unpaired) electrons. The van der Waals surface area contributed by atoms with Gasteiger partial charge < -0.3 is 4.57 Å². The Hall–Kier alpha value is -3.34. The number of carbonyl (C=O) groups excluding carboxylic acids is 2. The molecule has 2 aromatic carbocycles. The molecule has 1 saturated heterocycles. The Morgan fingerprint density at radius 1 is 1.00 bits per heavy atom. The first-order valence-electron chi connectivity index (χ1n) is 8.62. The topological polar surface area (TPSA) is 54.3 Å². The van der Waals surface area contributed by atoms with Gasteiger partial charge in [0, 0.05) is 28.7 Å². The highest BCUT2D eigenvalue weighted by atomic mass is 16.2. The van der Waals surface area contributed by atoms with Crippen LogP contribution in [0.2, 0.25) is 0 Å². The van der Waals surface area contributed by atoms with Crippen molar-refractivity contribution in [2.45, 2.75) is 20.4 Å². The molecule has 5 heteroatoms. The maximum Gasteiger partial charge on any atom is 0.282 e. The molecular weight excluding hydrogens is 326 g/mol. The van der Waals surface area contributed by atoms with Crippen molar-refractivity contribution >= 4 is 34.5 Å². The van der Waals surface area contributed by atoms with Gasteiger partial charge in [0.25, 0.3) is 11.8 Å². The largest absolute Gasteiger partial charge is 0.345 e. The van der Waals surface area contributed by atoms with E-state index in [-0.39, 0.29) is 17.4 Å². The number of benzene rings is 2. The Balaban J connectivity index is 1.82. The van der Waals surface area contributed by atoms with Crippen LogP contribution in [0.1, 0.15) is 18.2 Å². The average molecular weight is 345 g/mol. The van der Waals surface area contributed by atoms with E-state index in [2.05, 4.69) is 23.0 Å². The highest BCUT2D eigenvalue weighted by molar-refractivity contribution is 6.32. The summed E-state index contributed by atoms with van der Waals surface area (Å²) in [7, 11) is 0. The summed E-state index contributed by atoms with van der Waals surface area (Å²) in [6.07, 6.45) is 1.71. The first kappa shape index (κ1) is 16.1. The molecule has 1 aliphatic rings. The highest BCUT2D eigenvalue weighted by Gasteiger charge is 2.34. The van der Waals surface area contributed by atoms with Crippen molar-refractivity contribution in [2.75, 3.05) is 5.01 Å². The Labute approximate surface area is 151 Å². The molecule has 3 aromatic rings. The molecule has 2 amide bonds. The molecule has 0 bridgehead atoms. The molecule has 26 heavy (non-hydrogen) atoms. The van der Waals surface area contributed by atoms with Crippen LogP contribution in [-0.4, -0.2) is 16.4 Å². The molecule has 4 rings (SSSR count). The van der Waals surface area contributed by atoms with Crippen LogP contribution >= 0.6 is 0 Å². The summed E-state index contributed by atoms with van der Waals surface area (Å²) >= 11 is 0. The van der Waals surface area contributed by atoms with E-state index < -0.39 is 0 Å². The van der Waals surface area contributed by atoms with Gasteiger partial charge in [-0.25, -0.2) is 5.01 Å².